The van der Waals surface area contributed by atoms with Gasteiger partial charge in [0.1, 0.15) is 5.54 Å². The lowest BCUT2D eigenvalue weighted by atomic mass is 9.77. The minimum atomic E-state index is -0.880. The summed E-state index contributed by atoms with van der Waals surface area (Å²) >= 11 is 0. The van der Waals surface area contributed by atoms with Crippen molar-refractivity contribution in [3.05, 3.63) is 10.4 Å². The van der Waals surface area contributed by atoms with Crippen LogP contribution in [-0.4, -0.2) is 11.4 Å². The maximum Gasteiger partial charge on any atom is 0.229 e. The van der Waals surface area contributed by atoms with Crippen LogP contribution in [0, 0.1) is 0 Å². The smallest absolute Gasteiger partial charge is 0.229 e. The van der Waals surface area contributed by atoms with Gasteiger partial charge in [0, 0.05) is 4.91 Å². The van der Waals surface area contributed by atoms with Crippen LogP contribution < -0.4 is 5.73 Å². The molecule has 0 unspecified atom stereocenters. The highest BCUT2D eigenvalue weighted by atomic mass is 16.1. The molecule has 0 atom stereocenters. The molecule has 1 aliphatic rings. The van der Waals surface area contributed by atoms with Crippen molar-refractivity contribution in [2.24, 2.45) is 10.8 Å². The third-order valence-corrected chi connectivity index (χ3v) is 1.88. The molecular formula is C5H8N4O. The maximum atomic E-state index is 10.7. The van der Waals surface area contributed by atoms with E-state index in [0.717, 1.165) is 6.42 Å². The third kappa shape index (κ3) is 0.804. The third-order valence-electron chi connectivity index (χ3n) is 1.88. The summed E-state index contributed by atoms with van der Waals surface area (Å²) in [5.74, 6) is -0.503. The molecule has 0 aromatic rings. The topological polar surface area (TPSA) is 91.8 Å². The van der Waals surface area contributed by atoms with E-state index in [-0.39, 0.29) is 0 Å². The van der Waals surface area contributed by atoms with Crippen molar-refractivity contribution >= 4 is 5.91 Å². The van der Waals surface area contributed by atoms with E-state index >= 15 is 0 Å². The lowest BCUT2D eigenvalue weighted by Crippen LogP contribution is -2.47. The van der Waals surface area contributed by atoms with Gasteiger partial charge in [-0.25, -0.2) is 0 Å². The van der Waals surface area contributed by atoms with Crippen LogP contribution >= 0.6 is 0 Å². The highest BCUT2D eigenvalue weighted by Gasteiger charge is 2.41. The zero-order chi connectivity index (χ0) is 7.61. The highest BCUT2D eigenvalue weighted by molar-refractivity contribution is 5.85. The van der Waals surface area contributed by atoms with Crippen molar-refractivity contribution in [3.8, 4) is 0 Å². The quantitative estimate of drug-likeness (QED) is 0.341. The van der Waals surface area contributed by atoms with E-state index in [2.05, 4.69) is 10.0 Å². The van der Waals surface area contributed by atoms with Crippen LogP contribution in [0.25, 0.3) is 10.4 Å². The fourth-order valence-electron chi connectivity index (χ4n) is 0.993. The zero-order valence-electron chi connectivity index (χ0n) is 5.45. The van der Waals surface area contributed by atoms with Gasteiger partial charge in [0.15, 0.2) is 0 Å². The molecule has 0 aliphatic heterocycles. The van der Waals surface area contributed by atoms with E-state index in [1.165, 1.54) is 0 Å². The zero-order valence-corrected chi connectivity index (χ0v) is 5.45. The number of nitrogens with two attached hydrogens (primary N) is 1. The molecule has 1 fully saturated rings. The number of rotatable bonds is 2. The molecule has 0 saturated heterocycles. The van der Waals surface area contributed by atoms with Gasteiger partial charge in [0.25, 0.3) is 0 Å². The van der Waals surface area contributed by atoms with Crippen molar-refractivity contribution in [2.45, 2.75) is 24.8 Å². The Morgan fingerprint density at radius 1 is 1.70 bits per heavy atom. The van der Waals surface area contributed by atoms with Crippen LogP contribution in [0.3, 0.4) is 0 Å². The molecule has 1 aliphatic carbocycles. The van der Waals surface area contributed by atoms with Crippen LogP contribution in [-0.2, 0) is 4.79 Å². The fraction of sp³-hybridized carbons (Fsp3) is 0.800. The van der Waals surface area contributed by atoms with E-state index in [4.69, 9.17) is 11.3 Å². The largest absolute Gasteiger partial charge is 0.369 e. The van der Waals surface area contributed by atoms with Crippen LogP contribution in [0.4, 0.5) is 0 Å². The summed E-state index contributed by atoms with van der Waals surface area (Å²) in [5, 5.41) is 3.37. The van der Waals surface area contributed by atoms with Crippen molar-refractivity contribution in [2.75, 3.05) is 0 Å². The van der Waals surface area contributed by atoms with Crippen LogP contribution in [0.15, 0.2) is 5.11 Å². The number of carbonyl (C=O) groups excluding carboxylic acids is 1. The molecule has 54 valence electrons. The van der Waals surface area contributed by atoms with Gasteiger partial charge in [-0.3, -0.25) is 4.79 Å². The van der Waals surface area contributed by atoms with Crippen molar-refractivity contribution < 1.29 is 4.79 Å². The minimum Gasteiger partial charge on any atom is -0.369 e. The molecule has 5 nitrogen and oxygen atoms in total. The summed E-state index contributed by atoms with van der Waals surface area (Å²) in [6.07, 6.45) is 2.13. The molecule has 0 aromatic carbocycles. The molecule has 1 saturated carbocycles. The van der Waals surface area contributed by atoms with Crippen molar-refractivity contribution in [1.82, 2.24) is 0 Å². The Morgan fingerprint density at radius 2 is 2.30 bits per heavy atom. The monoisotopic (exact) mass is 140 g/mol. The molecule has 10 heavy (non-hydrogen) atoms. The second kappa shape index (κ2) is 2.19. The van der Waals surface area contributed by atoms with Gasteiger partial charge >= 0.3 is 0 Å². The van der Waals surface area contributed by atoms with Crippen molar-refractivity contribution in [3.63, 3.8) is 0 Å². The number of primary amides is 1. The van der Waals surface area contributed by atoms with E-state index in [1.54, 1.807) is 0 Å². The van der Waals surface area contributed by atoms with E-state index in [9.17, 15) is 4.79 Å². The van der Waals surface area contributed by atoms with E-state index in [1.807, 2.05) is 0 Å². The summed E-state index contributed by atoms with van der Waals surface area (Å²) in [4.78, 5) is 13.2. The summed E-state index contributed by atoms with van der Waals surface area (Å²) < 4.78 is 0. The van der Waals surface area contributed by atoms with Gasteiger partial charge in [0.2, 0.25) is 5.91 Å². The second-order valence-electron chi connectivity index (χ2n) is 2.44. The fourth-order valence-corrected chi connectivity index (χ4v) is 0.993. The Bertz CT molecular complexity index is 198. The maximum absolute atomic E-state index is 10.7. The first-order valence-corrected chi connectivity index (χ1v) is 3.07. The Balaban J connectivity index is 2.77. The number of hydrogen-bond donors (Lipinski definition) is 1. The Hall–Kier alpha value is -1.22. The first-order chi connectivity index (χ1) is 4.71. The van der Waals surface area contributed by atoms with Crippen LogP contribution in [0.1, 0.15) is 19.3 Å². The van der Waals surface area contributed by atoms with Gasteiger partial charge in [-0.15, -0.1) is 0 Å². The molecule has 0 radical (unpaired) electrons. The molecule has 2 N–H and O–H groups in total. The van der Waals surface area contributed by atoms with Crippen molar-refractivity contribution in [1.29, 1.82) is 0 Å². The van der Waals surface area contributed by atoms with Gasteiger partial charge in [-0.1, -0.05) is 11.5 Å². The Morgan fingerprint density at radius 3 is 2.40 bits per heavy atom. The van der Waals surface area contributed by atoms with Gasteiger partial charge in [-0.05, 0) is 18.4 Å². The van der Waals surface area contributed by atoms with Crippen LogP contribution in [0.5, 0.6) is 0 Å². The lowest BCUT2D eigenvalue weighted by Gasteiger charge is -2.33. The molecule has 5 heteroatoms. The molecule has 1 amide bonds. The highest BCUT2D eigenvalue weighted by Crippen LogP contribution is 2.35. The Kier molecular flexibility index (Phi) is 1.51. The van der Waals surface area contributed by atoms with Gasteiger partial charge in [0.05, 0.1) is 0 Å². The normalized spacial score (nSPS) is 20.4. The molecule has 0 heterocycles. The molecule has 0 spiro atoms. The summed E-state index contributed by atoms with van der Waals surface area (Å²) in [5.41, 5.74) is 12.2. The van der Waals surface area contributed by atoms with Gasteiger partial charge < -0.3 is 5.73 Å². The summed E-state index contributed by atoms with van der Waals surface area (Å²) in [6, 6.07) is 0. The average molecular weight is 140 g/mol. The first-order valence-electron chi connectivity index (χ1n) is 3.07. The lowest BCUT2D eigenvalue weighted by molar-refractivity contribution is -0.125. The number of amides is 1. The average Bonchev–Trinajstić information content (AvgIpc) is 1.77. The molecule has 1 rings (SSSR count). The first kappa shape index (κ1) is 6.89. The number of carbonyl (C=O) groups is 1. The molecular weight excluding hydrogens is 132 g/mol. The van der Waals surface area contributed by atoms with E-state index < -0.39 is 11.4 Å². The number of nitrogens with zero attached hydrogens (tertiary/aromatic N) is 3. The second-order valence-corrected chi connectivity index (χ2v) is 2.44. The molecule has 0 aromatic heterocycles. The number of hydrogen-bond acceptors (Lipinski definition) is 2. The summed E-state index contributed by atoms with van der Waals surface area (Å²) in [7, 11) is 0. The predicted molar refractivity (Wildman–Crippen MR) is 34.9 cm³/mol. The SMILES string of the molecule is [N-]=[N+]=NC1(C(N)=O)CCC1. The van der Waals surface area contributed by atoms with E-state index in [0.29, 0.717) is 12.8 Å². The summed E-state index contributed by atoms with van der Waals surface area (Å²) in [6.45, 7) is 0. The number of azide groups is 1. The minimum absolute atomic E-state index is 0.503. The van der Waals surface area contributed by atoms with Crippen LogP contribution in [0.2, 0.25) is 0 Å². The standard InChI is InChI=1S/C5H8N4O/c6-4(10)5(8-9-7)2-1-3-5/h1-3H2,(H2,6,10). The van der Waals surface area contributed by atoms with Gasteiger partial charge in [-0.2, -0.15) is 0 Å². The molecule has 0 bridgehead atoms. The Labute approximate surface area is 57.8 Å². The predicted octanol–water partition coefficient (Wildman–Crippen LogP) is 0.705.